The maximum Gasteiger partial charge on any atom is 0.310 e. The van der Waals surface area contributed by atoms with Crippen molar-refractivity contribution in [1.82, 2.24) is 0 Å². The molecule has 6 fully saturated rings. The molecule has 11 heteroatoms. The van der Waals surface area contributed by atoms with Crippen LogP contribution in [0.4, 0.5) is 0 Å². The number of ether oxygens (including phenoxy) is 4. The molecule has 0 aromatic carbocycles. The van der Waals surface area contributed by atoms with E-state index < -0.39 is 66.9 Å². The van der Waals surface area contributed by atoms with Crippen LogP contribution in [0.25, 0.3) is 0 Å². The molecule has 6 N–H and O–H groups in total. The molecule has 0 bridgehead atoms. The number of hydrogen-bond donors (Lipinski definition) is 6. The van der Waals surface area contributed by atoms with Crippen LogP contribution in [0.15, 0.2) is 11.6 Å². The van der Waals surface area contributed by atoms with E-state index in [0.717, 1.165) is 64.2 Å². The number of hydrogen-bond acceptors (Lipinski definition) is 10. The molecule has 0 spiro atoms. The summed E-state index contributed by atoms with van der Waals surface area (Å²) in [6, 6.07) is 0. The Bertz CT molecular complexity index is 1410. The summed E-state index contributed by atoms with van der Waals surface area (Å²) in [6.07, 6.45) is 0.00756. The number of carbonyl (C=O) groups is 1. The quantitative estimate of drug-likeness (QED) is 0.168. The van der Waals surface area contributed by atoms with Crippen LogP contribution in [0.1, 0.15) is 126 Å². The van der Waals surface area contributed by atoms with Crippen LogP contribution in [0.2, 0.25) is 0 Å². The van der Waals surface area contributed by atoms with Crippen LogP contribution in [-0.2, 0) is 23.7 Å². The second kappa shape index (κ2) is 12.9. The average molecular weight is 735 g/mol. The SMILES string of the molecule is C[C@@H]1O[C@@H](O[C@@H]2C[C@H](O)[C@@H](O)[C@H](O[C@@H]3CC[C@]4(C)[C@H](CC[C@]5(C)[C@@H]4CC=C4[C@H]6CC(C)(C)CC[C@]6(C(=O)O)CC[C@@]45C)C3(C)C)O2)[C@H](O)[C@H](O)[C@H]1O. The Morgan fingerprint density at radius 1 is 0.769 bits per heavy atom. The number of aliphatic carboxylic acids is 1. The van der Waals surface area contributed by atoms with Crippen molar-refractivity contribution in [2.24, 2.45) is 50.2 Å². The van der Waals surface area contributed by atoms with Gasteiger partial charge in [0.2, 0.25) is 0 Å². The number of aliphatic hydroxyl groups is 5. The van der Waals surface area contributed by atoms with Gasteiger partial charge in [-0.1, -0.05) is 60.1 Å². The van der Waals surface area contributed by atoms with E-state index in [9.17, 15) is 35.4 Å². The molecule has 52 heavy (non-hydrogen) atoms. The van der Waals surface area contributed by atoms with E-state index in [0.29, 0.717) is 11.8 Å². The minimum Gasteiger partial charge on any atom is -0.481 e. The van der Waals surface area contributed by atoms with Crippen molar-refractivity contribution in [3.05, 3.63) is 11.6 Å². The van der Waals surface area contributed by atoms with Gasteiger partial charge in [0.25, 0.3) is 0 Å². The summed E-state index contributed by atoms with van der Waals surface area (Å²) in [4.78, 5) is 13.0. The first kappa shape index (κ1) is 39.1. The molecule has 17 atom stereocenters. The van der Waals surface area contributed by atoms with Crippen LogP contribution in [0, 0.1) is 50.2 Å². The van der Waals surface area contributed by atoms with Crippen molar-refractivity contribution in [3.8, 4) is 0 Å². The summed E-state index contributed by atoms with van der Waals surface area (Å²) in [5, 5.41) is 63.5. The molecule has 0 aromatic heterocycles. The minimum absolute atomic E-state index is 0.0162. The largest absolute Gasteiger partial charge is 0.481 e. The van der Waals surface area contributed by atoms with E-state index >= 15 is 0 Å². The zero-order valence-electron chi connectivity index (χ0n) is 32.6. The molecule has 296 valence electrons. The molecule has 0 unspecified atom stereocenters. The summed E-state index contributed by atoms with van der Waals surface area (Å²) in [7, 11) is 0. The first-order chi connectivity index (χ1) is 24.1. The van der Waals surface area contributed by atoms with Crippen LogP contribution < -0.4 is 0 Å². The minimum atomic E-state index is -1.53. The van der Waals surface area contributed by atoms with Gasteiger partial charge in [0.05, 0.1) is 23.7 Å². The van der Waals surface area contributed by atoms with Gasteiger partial charge < -0.3 is 49.6 Å². The lowest BCUT2D eigenvalue weighted by molar-refractivity contribution is -0.386. The smallest absolute Gasteiger partial charge is 0.310 e. The van der Waals surface area contributed by atoms with Gasteiger partial charge in [0, 0.05) is 6.42 Å². The third-order valence-electron chi connectivity index (χ3n) is 16.8. The topological polar surface area (TPSA) is 175 Å². The highest BCUT2D eigenvalue weighted by atomic mass is 16.8. The monoisotopic (exact) mass is 734 g/mol. The highest BCUT2D eigenvalue weighted by Crippen LogP contribution is 2.76. The standard InChI is InChI=1S/C41H66O11/c1-21-29(43)31(45)32(46)34(49-21)52-28-19-24(42)30(44)33(51-28)50-27-12-13-38(6)25(37(27,4)5)11-14-40(8)26(38)10-9-22-23-20-36(2,3)15-17-41(23,35(47)48)18-16-39(22,40)7/h9,21,23-34,42-46H,10-20H2,1-8H3,(H,47,48)/t21-,23+,24-,25+,26+,27+,28+,29-,30+,31+,32+,33+,34-,38+,39-,40+,41-/m0/s1. The van der Waals surface area contributed by atoms with E-state index in [1.165, 1.54) is 5.57 Å². The molecule has 0 amide bonds. The van der Waals surface area contributed by atoms with Crippen LogP contribution in [-0.4, -0.2) is 98.2 Å². The van der Waals surface area contributed by atoms with Crippen LogP contribution >= 0.6 is 0 Å². The Kier molecular flexibility index (Phi) is 9.74. The molecule has 2 heterocycles. The predicted molar refractivity (Wildman–Crippen MR) is 190 cm³/mol. The number of rotatable bonds is 5. The number of carboxylic acid groups (broad SMARTS) is 1. The Morgan fingerprint density at radius 2 is 1.44 bits per heavy atom. The fourth-order valence-corrected chi connectivity index (χ4v) is 13.3. The molecule has 0 radical (unpaired) electrons. The second-order valence-electron chi connectivity index (χ2n) is 20.2. The highest BCUT2D eigenvalue weighted by Gasteiger charge is 2.69. The van der Waals surface area contributed by atoms with Gasteiger partial charge in [0.15, 0.2) is 18.9 Å². The Hall–Kier alpha value is -1.15. The van der Waals surface area contributed by atoms with Gasteiger partial charge in [-0.3, -0.25) is 4.79 Å². The molecule has 5 aliphatic carbocycles. The van der Waals surface area contributed by atoms with Gasteiger partial charge in [-0.2, -0.15) is 0 Å². The maximum atomic E-state index is 13.0. The zero-order chi connectivity index (χ0) is 38.0. The van der Waals surface area contributed by atoms with Gasteiger partial charge in [0.1, 0.15) is 24.4 Å². The molecule has 4 saturated carbocycles. The predicted octanol–water partition coefficient (Wildman–Crippen LogP) is 4.90. The van der Waals surface area contributed by atoms with Crippen molar-refractivity contribution in [2.45, 2.75) is 188 Å². The van der Waals surface area contributed by atoms with E-state index in [2.05, 4.69) is 54.5 Å². The summed E-state index contributed by atoms with van der Waals surface area (Å²) >= 11 is 0. The number of carboxylic acids is 1. The van der Waals surface area contributed by atoms with Gasteiger partial charge >= 0.3 is 5.97 Å². The molecule has 2 aliphatic heterocycles. The van der Waals surface area contributed by atoms with Crippen molar-refractivity contribution in [2.75, 3.05) is 0 Å². The lowest BCUT2D eigenvalue weighted by Gasteiger charge is -2.71. The summed E-state index contributed by atoms with van der Waals surface area (Å²) in [6.45, 7) is 18.2. The van der Waals surface area contributed by atoms with Gasteiger partial charge in [-0.25, -0.2) is 0 Å². The van der Waals surface area contributed by atoms with E-state index in [4.69, 9.17) is 18.9 Å². The fraction of sp³-hybridized carbons (Fsp3) is 0.927. The van der Waals surface area contributed by atoms with Crippen LogP contribution in [0.5, 0.6) is 0 Å². The zero-order valence-corrected chi connectivity index (χ0v) is 32.6. The molecule has 2 saturated heterocycles. The summed E-state index contributed by atoms with van der Waals surface area (Å²) in [5.74, 6) is 0.221. The van der Waals surface area contributed by atoms with Crippen LogP contribution in [0.3, 0.4) is 0 Å². The van der Waals surface area contributed by atoms with E-state index in [1.807, 2.05) is 0 Å². The van der Waals surface area contributed by atoms with E-state index in [1.54, 1.807) is 6.92 Å². The Balaban J connectivity index is 1.10. The molecular weight excluding hydrogens is 668 g/mol. The van der Waals surface area contributed by atoms with Gasteiger partial charge in [-0.05, 0) is 116 Å². The molecular formula is C41H66O11. The van der Waals surface area contributed by atoms with Crippen molar-refractivity contribution < 1.29 is 54.4 Å². The van der Waals surface area contributed by atoms with Crippen molar-refractivity contribution in [1.29, 1.82) is 0 Å². The third-order valence-corrected chi connectivity index (χ3v) is 16.8. The first-order valence-electron chi connectivity index (χ1n) is 20.1. The number of fused-ring (bicyclic) bond motifs is 7. The van der Waals surface area contributed by atoms with E-state index in [-0.39, 0.29) is 45.5 Å². The Labute approximate surface area is 309 Å². The number of allylic oxidation sites excluding steroid dienone is 2. The summed E-state index contributed by atoms with van der Waals surface area (Å²) in [5.41, 5.74) is 0.585. The Morgan fingerprint density at radius 3 is 2.13 bits per heavy atom. The average Bonchev–Trinajstić information content (AvgIpc) is 3.06. The van der Waals surface area contributed by atoms with Crippen molar-refractivity contribution in [3.63, 3.8) is 0 Å². The molecule has 7 aliphatic rings. The molecule has 11 nitrogen and oxygen atoms in total. The third kappa shape index (κ3) is 5.72. The first-order valence-corrected chi connectivity index (χ1v) is 20.1. The highest BCUT2D eigenvalue weighted by molar-refractivity contribution is 5.76. The fourth-order valence-electron chi connectivity index (χ4n) is 13.3. The normalized spacial score (nSPS) is 54.1. The lowest BCUT2D eigenvalue weighted by Crippen LogP contribution is -2.65. The van der Waals surface area contributed by atoms with Crippen molar-refractivity contribution >= 4 is 5.97 Å². The summed E-state index contributed by atoms with van der Waals surface area (Å²) < 4.78 is 24.2. The molecule has 7 rings (SSSR count). The van der Waals surface area contributed by atoms with Gasteiger partial charge in [-0.15, -0.1) is 0 Å². The molecule has 0 aromatic rings. The second-order valence-corrected chi connectivity index (χ2v) is 20.2. The maximum absolute atomic E-state index is 13.0. The lowest BCUT2D eigenvalue weighted by atomic mass is 9.33. The number of aliphatic hydroxyl groups excluding tert-OH is 5.